The molecule has 0 aliphatic heterocycles. The van der Waals surface area contributed by atoms with E-state index in [1.54, 1.807) is 34.9 Å². The fraction of sp³-hybridized carbons (Fsp3) is 0.300. The van der Waals surface area contributed by atoms with Gasteiger partial charge in [0.25, 0.3) is 0 Å². The van der Waals surface area contributed by atoms with Crippen molar-refractivity contribution in [2.45, 2.75) is 6.42 Å². The molecule has 0 amide bonds. The molecule has 0 N–H and O–H groups in total. The third kappa shape index (κ3) is 1.81. The highest BCUT2D eigenvalue weighted by molar-refractivity contribution is 5.95. The minimum atomic E-state index is 0.0543. The molecule has 5 nitrogen and oxygen atoms in total. The van der Waals surface area contributed by atoms with Gasteiger partial charge in [-0.05, 0) is 12.1 Å². The van der Waals surface area contributed by atoms with Crippen molar-refractivity contribution in [3.8, 4) is 0 Å². The summed E-state index contributed by atoms with van der Waals surface area (Å²) >= 11 is 0. The van der Waals surface area contributed by atoms with Crippen LogP contribution < -0.4 is 0 Å². The molecular weight excluding hydrogens is 192 g/mol. The second-order valence-corrected chi connectivity index (χ2v) is 3.39. The number of Topliss-reactive ketones (excluding diaryl/α,β-unsaturated/α-hetero) is 1. The normalized spacial score (nSPS) is 10.5. The molecule has 0 fully saturated rings. The largest absolute Gasteiger partial charge is 0.292 e. The van der Waals surface area contributed by atoms with Crippen molar-refractivity contribution in [1.29, 1.82) is 0 Å². The zero-order valence-electron chi connectivity index (χ0n) is 8.71. The lowest BCUT2D eigenvalue weighted by atomic mass is 10.1. The van der Waals surface area contributed by atoms with E-state index in [-0.39, 0.29) is 5.78 Å². The summed E-state index contributed by atoms with van der Waals surface area (Å²) in [5.41, 5.74) is 1.53. The summed E-state index contributed by atoms with van der Waals surface area (Å²) in [6.07, 6.45) is 3.67. The second-order valence-electron chi connectivity index (χ2n) is 3.39. The third-order valence-electron chi connectivity index (χ3n) is 2.37. The van der Waals surface area contributed by atoms with Gasteiger partial charge in [-0.15, -0.1) is 0 Å². The summed E-state index contributed by atoms with van der Waals surface area (Å²) in [5.74, 6) is 0.0543. The Morgan fingerprint density at radius 1 is 1.20 bits per heavy atom. The fourth-order valence-electron chi connectivity index (χ4n) is 1.48. The molecule has 15 heavy (non-hydrogen) atoms. The van der Waals surface area contributed by atoms with Gasteiger partial charge >= 0.3 is 0 Å². The number of hydrogen-bond acceptors (Lipinski definition) is 3. The Kier molecular flexibility index (Phi) is 2.37. The average Bonchev–Trinajstić information content (AvgIpc) is 2.76. The molecule has 0 unspecified atom stereocenters. The maximum absolute atomic E-state index is 11.8. The maximum Gasteiger partial charge on any atom is 0.186 e. The number of aryl methyl sites for hydroxylation is 2. The van der Waals surface area contributed by atoms with Gasteiger partial charge in [-0.3, -0.25) is 14.2 Å². The number of rotatable bonds is 3. The van der Waals surface area contributed by atoms with Crippen molar-refractivity contribution in [3.05, 3.63) is 35.9 Å². The zero-order chi connectivity index (χ0) is 10.8. The van der Waals surface area contributed by atoms with E-state index >= 15 is 0 Å². The molecule has 0 aromatic carbocycles. The van der Waals surface area contributed by atoms with Crippen molar-refractivity contribution < 1.29 is 4.79 Å². The number of ketones is 1. The number of nitrogens with zero attached hydrogens (tertiary/aromatic N) is 4. The molecule has 0 radical (unpaired) electrons. The first-order chi connectivity index (χ1) is 7.18. The average molecular weight is 204 g/mol. The lowest BCUT2D eigenvalue weighted by Gasteiger charge is -2.01. The fourth-order valence-corrected chi connectivity index (χ4v) is 1.48. The van der Waals surface area contributed by atoms with Gasteiger partial charge in [-0.2, -0.15) is 10.2 Å². The molecule has 0 bridgehead atoms. The number of hydrogen-bond donors (Lipinski definition) is 0. The van der Waals surface area contributed by atoms with Crippen LogP contribution in [0, 0.1) is 0 Å². The Morgan fingerprint density at radius 2 is 1.87 bits per heavy atom. The molecule has 0 atom stereocenters. The van der Waals surface area contributed by atoms with Gasteiger partial charge in [0.2, 0.25) is 0 Å². The Morgan fingerprint density at radius 3 is 2.40 bits per heavy atom. The van der Waals surface area contributed by atoms with Gasteiger partial charge in [0, 0.05) is 32.2 Å². The number of carbonyl (C=O) groups is 1. The van der Waals surface area contributed by atoms with E-state index in [0.717, 1.165) is 5.69 Å². The van der Waals surface area contributed by atoms with Crippen LogP contribution in [-0.2, 0) is 20.5 Å². The monoisotopic (exact) mass is 204 g/mol. The summed E-state index contributed by atoms with van der Waals surface area (Å²) in [4.78, 5) is 11.8. The van der Waals surface area contributed by atoms with E-state index in [4.69, 9.17) is 0 Å². The second kappa shape index (κ2) is 3.68. The van der Waals surface area contributed by atoms with Crippen LogP contribution in [0.1, 0.15) is 16.2 Å². The standard InChI is InChI=1S/C10H12N4O/c1-13-8(3-5-11-13)7-10(15)9-4-6-12-14(9)2/h3-6H,7H2,1-2H3. The van der Waals surface area contributed by atoms with Gasteiger partial charge in [0.05, 0.1) is 6.42 Å². The molecule has 2 rings (SSSR count). The van der Waals surface area contributed by atoms with E-state index in [1.807, 2.05) is 13.1 Å². The van der Waals surface area contributed by atoms with E-state index in [9.17, 15) is 4.79 Å². The van der Waals surface area contributed by atoms with Crippen LogP contribution in [0.15, 0.2) is 24.5 Å². The van der Waals surface area contributed by atoms with Crippen molar-refractivity contribution in [1.82, 2.24) is 19.6 Å². The van der Waals surface area contributed by atoms with E-state index in [2.05, 4.69) is 10.2 Å². The molecule has 2 aromatic heterocycles. The Bertz CT molecular complexity index is 483. The van der Waals surface area contributed by atoms with Crippen LogP contribution >= 0.6 is 0 Å². The predicted octanol–water partition coefficient (Wildman–Crippen LogP) is 0.579. The van der Waals surface area contributed by atoms with Crippen LogP contribution in [0.2, 0.25) is 0 Å². The van der Waals surface area contributed by atoms with Crippen LogP contribution in [0.4, 0.5) is 0 Å². The third-order valence-corrected chi connectivity index (χ3v) is 2.37. The number of aromatic nitrogens is 4. The Labute approximate surface area is 87.3 Å². The molecule has 2 aromatic rings. The molecular formula is C10H12N4O. The first-order valence-corrected chi connectivity index (χ1v) is 4.66. The molecule has 0 saturated heterocycles. The van der Waals surface area contributed by atoms with Crippen LogP contribution in [0.3, 0.4) is 0 Å². The highest BCUT2D eigenvalue weighted by Crippen LogP contribution is 2.05. The summed E-state index contributed by atoms with van der Waals surface area (Å²) in [7, 11) is 3.59. The van der Waals surface area contributed by atoms with Crippen molar-refractivity contribution >= 4 is 5.78 Å². The smallest absolute Gasteiger partial charge is 0.186 e. The minimum absolute atomic E-state index is 0.0543. The van der Waals surface area contributed by atoms with Gasteiger partial charge in [0.1, 0.15) is 5.69 Å². The SMILES string of the molecule is Cn1nccc1CC(=O)c1ccnn1C. The van der Waals surface area contributed by atoms with Crippen molar-refractivity contribution in [2.24, 2.45) is 14.1 Å². The summed E-state index contributed by atoms with van der Waals surface area (Å²) in [6, 6.07) is 3.56. The molecule has 0 aliphatic carbocycles. The molecule has 5 heteroatoms. The van der Waals surface area contributed by atoms with Crippen molar-refractivity contribution in [2.75, 3.05) is 0 Å². The Hall–Kier alpha value is -1.91. The quantitative estimate of drug-likeness (QED) is 0.687. The first kappa shape index (κ1) is 9.64. The highest BCUT2D eigenvalue weighted by Gasteiger charge is 2.12. The molecule has 0 aliphatic rings. The summed E-state index contributed by atoms with van der Waals surface area (Å²) in [5, 5.41) is 7.98. The summed E-state index contributed by atoms with van der Waals surface area (Å²) in [6.45, 7) is 0. The van der Waals surface area contributed by atoms with Crippen LogP contribution in [0.5, 0.6) is 0 Å². The van der Waals surface area contributed by atoms with E-state index in [0.29, 0.717) is 12.1 Å². The molecule has 78 valence electrons. The zero-order valence-corrected chi connectivity index (χ0v) is 8.71. The van der Waals surface area contributed by atoms with Gasteiger partial charge in [0.15, 0.2) is 5.78 Å². The van der Waals surface area contributed by atoms with E-state index < -0.39 is 0 Å². The van der Waals surface area contributed by atoms with Gasteiger partial charge in [-0.1, -0.05) is 0 Å². The summed E-state index contributed by atoms with van der Waals surface area (Å²) < 4.78 is 3.28. The topological polar surface area (TPSA) is 52.7 Å². The van der Waals surface area contributed by atoms with Gasteiger partial charge in [-0.25, -0.2) is 0 Å². The molecule has 0 spiro atoms. The predicted molar refractivity (Wildman–Crippen MR) is 54.5 cm³/mol. The Balaban J connectivity index is 2.18. The lowest BCUT2D eigenvalue weighted by molar-refractivity contribution is 0.0982. The van der Waals surface area contributed by atoms with Gasteiger partial charge < -0.3 is 0 Å². The highest BCUT2D eigenvalue weighted by atomic mass is 16.1. The van der Waals surface area contributed by atoms with Crippen LogP contribution in [0.25, 0.3) is 0 Å². The molecule has 2 heterocycles. The van der Waals surface area contributed by atoms with E-state index in [1.165, 1.54) is 0 Å². The maximum atomic E-state index is 11.8. The van der Waals surface area contributed by atoms with Crippen LogP contribution in [-0.4, -0.2) is 25.3 Å². The minimum Gasteiger partial charge on any atom is -0.292 e. The lowest BCUT2D eigenvalue weighted by Crippen LogP contribution is -2.12. The number of carbonyl (C=O) groups excluding carboxylic acids is 1. The molecule has 0 saturated carbocycles. The first-order valence-electron chi connectivity index (χ1n) is 4.66. The van der Waals surface area contributed by atoms with Crippen molar-refractivity contribution in [3.63, 3.8) is 0 Å².